The Hall–Kier alpha value is -2.79. The van der Waals surface area contributed by atoms with Gasteiger partial charge in [-0.3, -0.25) is 19.2 Å². The molecule has 5 atom stereocenters. The van der Waals surface area contributed by atoms with Gasteiger partial charge in [-0.1, -0.05) is 33.1 Å². The average Bonchev–Trinajstić information content (AvgIpc) is 3.16. The molecule has 4 amide bonds. The van der Waals surface area contributed by atoms with Crippen LogP contribution in [-0.2, 0) is 23.9 Å². The highest BCUT2D eigenvalue weighted by Gasteiger charge is 2.69. The summed E-state index contributed by atoms with van der Waals surface area (Å²) in [7, 11) is 0. The van der Waals surface area contributed by atoms with E-state index < -0.39 is 72.6 Å². The summed E-state index contributed by atoms with van der Waals surface area (Å²) in [5.41, 5.74) is 4.06. The summed E-state index contributed by atoms with van der Waals surface area (Å²) in [5, 5.41) is 5.19. The molecule has 3 aliphatic rings. The highest BCUT2D eigenvalue weighted by molar-refractivity contribution is 6.37. The Morgan fingerprint density at radius 3 is 2.18 bits per heavy atom. The zero-order chi connectivity index (χ0) is 29.3. The van der Waals surface area contributed by atoms with E-state index in [1.165, 1.54) is 4.90 Å². The number of alkyl carbamates (subject to hydrolysis) is 1. The fourth-order valence-corrected chi connectivity index (χ4v) is 6.27. The summed E-state index contributed by atoms with van der Waals surface area (Å²) in [6, 6.07) is -3.41. The third kappa shape index (κ3) is 7.25. The highest BCUT2D eigenvalue weighted by atomic mass is 19.3. The molecule has 0 bridgehead atoms. The molecule has 220 valence electrons. The number of Topliss-reactive ketones (excluding diaryl/α,β-unsaturated/α-hetero) is 1. The van der Waals surface area contributed by atoms with Crippen LogP contribution in [0.5, 0.6) is 0 Å². The lowest BCUT2D eigenvalue weighted by molar-refractivity contribution is -0.144. The van der Waals surface area contributed by atoms with Gasteiger partial charge in [-0.2, -0.15) is 0 Å². The van der Waals surface area contributed by atoms with Gasteiger partial charge in [0.15, 0.2) is 0 Å². The fourth-order valence-electron chi connectivity index (χ4n) is 6.27. The van der Waals surface area contributed by atoms with Crippen LogP contribution in [0.3, 0.4) is 0 Å². The molecule has 2 saturated carbocycles. The van der Waals surface area contributed by atoms with Crippen molar-refractivity contribution < 1.29 is 37.5 Å². The molecule has 0 aromatic rings. The number of halogens is 2. The molecule has 0 spiro atoms. The first kappa shape index (κ1) is 30.7. The second-order valence-electron chi connectivity index (χ2n) is 12.7. The molecule has 2 aliphatic carbocycles. The Kier molecular flexibility index (Phi) is 9.27. The first-order chi connectivity index (χ1) is 18.0. The van der Waals surface area contributed by atoms with Gasteiger partial charge < -0.3 is 26.0 Å². The van der Waals surface area contributed by atoms with Crippen molar-refractivity contribution in [1.82, 2.24) is 15.5 Å². The third-order valence-corrected chi connectivity index (χ3v) is 8.37. The summed E-state index contributed by atoms with van der Waals surface area (Å²) in [6.07, 6.45) is -0.317. The van der Waals surface area contributed by atoms with Crippen LogP contribution in [0.15, 0.2) is 0 Å². The van der Waals surface area contributed by atoms with Crippen LogP contribution in [0.25, 0.3) is 0 Å². The standard InChI is InChI=1S/C27H42F2N4O6/c1-26(2,3)39-25(38)32-19(14-9-7-6-8-10-14)24(37)33-13-15-18(27(15,4)5)20(33)23(36)31-16(11-12-17(28)29)21(34)22(30)35/h14-20H,6-13H2,1-5H3,(H2,30,35)(H,31,36)(H,32,38)/t15-,16?,18-,19-,20?/m0/s1. The number of alkyl halides is 2. The molecule has 4 N–H and O–H groups in total. The molecule has 39 heavy (non-hydrogen) atoms. The Morgan fingerprint density at radius 1 is 1.03 bits per heavy atom. The Labute approximate surface area is 228 Å². The minimum absolute atomic E-state index is 0.0112. The van der Waals surface area contributed by atoms with Gasteiger partial charge in [-0.15, -0.1) is 0 Å². The van der Waals surface area contributed by atoms with Crippen molar-refractivity contribution in [2.24, 2.45) is 28.9 Å². The second-order valence-corrected chi connectivity index (χ2v) is 12.7. The summed E-state index contributed by atoms with van der Waals surface area (Å²) in [4.78, 5) is 65.6. The smallest absolute Gasteiger partial charge is 0.408 e. The summed E-state index contributed by atoms with van der Waals surface area (Å²) < 4.78 is 31.2. The van der Waals surface area contributed by atoms with E-state index in [1.807, 2.05) is 13.8 Å². The molecule has 12 heteroatoms. The van der Waals surface area contributed by atoms with Gasteiger partial charge in [-0.05, 0) is 63.2 Å². The number of carbonyl (C=O) groups is 5. The minimum atomic E-state index is -2.74. The Bertz CT molecular complexity index is 976. The molecular weight excluding hydrogens is 514 g/mol. The molecule has 10 nitrogen and oxygen atoms in total. The Morgan fingerprint density at radius 2 is 1.64 bits per heavy atom. The first-order valence-electron chi connectivity index (χ1n) is 13.8. The van der Waals surface area contributed by atoms with Gasteiger partial charge in [-0.25, -0.2) is 13.6 Å². The number of piperidine rings is 1. The fraction of sp³-hybridized carbons (Fsp3) is 0.815. The lowest BCUT2D eigenvalue weighted by atomic mass is 9.83. The SMILES string of the molecule is CC(C)(C)OC(=O)N[C@H](C(=O)N1C[C@H]2[C@@H](C1C(=O)NC(CCC(F)F)C(=O)C(N)=O)C2(C)C)C1CCCCC1. The Balaban J connectivity index is 1.85. The lowest BCUT2D eigenvalue weighted by Gasteiger charge is -2.37. The zero-order valence-corrected chi connectivity index (χ0v) is 23.4. The third-order valence-electron chi connectivity index (χ3n) is 8.37. The van der Waals surface area contributed by atoms with Crippen molar-refractivity contribution in [3.8, 4) is 0 Å². The maximum atomic E-state index is 14.0. The number of hydrogen-bond acceptors (Lipinski definition) is 6. The van der Waals surface area contributed by atoms with Crippen molar-refractivity contribution in [3.05, 3.63) is 0 Å². The van der Waals surface area contributed by atoms with E-state index in [-0.39, 0.29) is 29.7 Å². The zero-order valence-electron chi connectivity index (χ0n) is 23.4. The van der Waals surface area contributed by atoms with Gasteiger partial charge in [0.2, 0.25) is 24.0 Å². The predicted molar refractivity (Wildman–Crippen MR) is 137 cm³/mol. The van der Waals surface area contributed by atoms with Gasteiger partial charge in [0.25, 0.3) is 5.91 Å². The monoisotopic (exact) mass is 556 g/mol. The van der Waals surface area contributed by atoms with Crippen molar-refractivity contribution in [1.29, 1.82) is 0 Å². The highest BCUT2D eigenvalue weighted by Crippen LogP contribution is 2.65. The molecular formula is C27H42F2N4O6. The summed E-state index contributed by atoms with van der Waals surface area (Å²) in [5.74, 6) is -3.97. The van der Waals surface area contributed by atoms with Crippen LogP contribution in [0, 0.1) is 23.2 Å². The molecule has 1 aliphatic heterocycles. The van der Waals surface area contributed by atoms with Crippen molar-refractivity contribution in [2.75, 3.05) is 6.54 Å². The van der Waals surface area contributed by atoms with Gasteiger partial charge >= 0.3 is 6.09 Å². The number of rotatable bonds is 10. The number of fused-ring (bicyclic) bond motifs is 1. The van der Waals surface area contributed by atoms with Crippen LogP contribution in [-0.4, -0.2) is 71.2 Å². The van der Waals surface area contributed by atoms with Crippen LogP contribution in [0.4, 0.5) is 13.6 Å². The molecule has 2 unspecified atom stereocenters. The first-order valence-corrected chi connectivity index (χ1v) is 13.8. The van der Waals surface area contributed by atoms with E-state index in [4.69, 9.17) is 10.5 Å². The molecule has 1 saturated heterocycles. The number of carbonyl (C=O) groups excluding carboxylic acids is 5. The number of nitrogens with zero attached hydrogens (tertiary/aromatic N) is 1. The van der Waals surface area contributed by atoms with Crippen LogP contribution in [0.2, 0.25) is 0 Å². The van der Waals surface area contributed by atoms with Gasteiger partial charge in [0, 0.05) is 13.0 Å². The topological polar surface area (TPSA) is 148 Å². The van der Waals surface area contributed by atoms with E-state index in [9.17, 15) is 32.8 Å². The number of amides is 4. The maximum Gasteiger partial charge on any atom is 0.408 e. The second kappa shape index (κ2) is 11.8. The van der Waals surface area contributed by atoms with Crippen molar-refractivity contribution >= 4 is 29.6 Å². The quantitative estimate of drug-likeness (QED) is 0.352. The van der Waals surface area contributed by atoms with Crippen LogP contribution >= 0.6 is 0 Å². The van der Waals surface area contributed by atoms with E-state index in [0.717, 1.165) is 32.1 Å². The van der Waals surface area contributed by atoms with E-state index in [2.05, 4.69) is 10.6 Å². The molecule has 1 heterocycles. The summed E-state index contributed by atoms with van der Waals surface area (Å²) in [6.45, 7) is 9.39. The number of primary amides is 1. The van der Waals surface area contributed by atoms with Crippen molar-refractivity contribution in [2.45, 2.75) is 110 Å². The number of nitrogens with two attached hydrogens (primary N) is 1. The number of nitrogens with one attached hydrogen (secondary N) is 2. The van der Waals surface area contributed by atoms with Crippen LogP contribution < -0.4 is 16.4 Å². The molecule has 3 fully saturated rings. The molecule has 0 aromatic carbocycles. The van der Waals surface area contributed by atoms with Crippen molar-refractivity contribution in [3.63, 3.8) is 0 Å². The van der Waals surface area contributed by atoms with E-state index in [0.29, 0.717) is 0 Å². The number of ketones is 1. The largest absolute Gasteiger partial charge is 0.444 e. The average molecular weight is 557 g/mol. The predicted octanol–water partition coefficient (Wildman–Crippen LogP) is 2.53. The molecule has 3 rings (SSSR count). The molecule has 0 aromatic heterocycles. The van der Waals surface area contributed by atoms with E-state index >= 15 is 0 Å². The van der Waals surface area contributed by atoms with Gasteiger partial charge in [0.05, 0.1) is 6.04 Å². The van der Waals surface area contributed by atoms with Gasteiger partial charge in [0.1, 0.15) is 17.7 Å². The normalized spacial score (nSPS) is 25.8. The lowest BCUT2D eigenvalue weighted by Crippen LogP contribution is -2.59. The number of hydrogen-bond donors (Lipinski definition) is 3. The number of ether oxygens (including phenoxy) is 1. The van der Waals surface area contributed by atoms with Crippen LogP contribution in [0.1, 0.15) is 79.6 Å². The van der Waals surface area contributed by atoms with E-state index in [1.54, 1.807) is 20.8 Å². The molecule has 0 radical (unpaired) electrons. The maximum absolute atomic E-state index is 14.0. The minimum Gasteiger partial charge on any atom is -0.444 e. The number of likely N-dealkylation sites (tertiary alicyclic amines) is 1. The summed E-state index contributed by atoms with van der Waals surface area (Å²) >= 11 is 0.